The van der Waals surface area contributed by atoms with Gasteiger partial charge in [0, 0.05) is 17.8 Å². The Bertz CT molecular complexity index is 163. The van der Waals surface area contributed by atoms with Gasteiger partial charge in [0.2, 0.25) is 5.91 Å². The Labute approximate surface area is 89.6 Å². The van der Waals surface area contributed by atoms with Crippen molar-refractivity contribution in [1.82, 2.24) is 5.32 Å². The van der Waals surface area contributed by atoms with Gasteiger partial charge in [0.05, 0.1) is 0 Å². The van der Waals surface area contributed by atoms with Gasteiger partial charge in [-0.1, -0.05) is 43.6 Å². The molecule has 13 heavy (non-hydrogen) atoms. The van der Waals surface area contributed by atoms with Crippen LogP contribution in [0.1, 0.15) is 40.5 Å². The number of carbonyl (C=O) groups excluding carboxylic acids is 1. The van der Waals surface area contributed by atoms with Crippen molar-refractivity contribution in [2.45, 2.75) is 45.4 Å². The van der Waals surface area contributed by atoms with Crippen LogP contribution in [-0.4, -0.2) is 17.3 Å². The summed E-state index contributed by atoms with van der Waals surface area (Å²) in [7, 11) is 0. The molecule has 0 aromatic rings. The number of alkyl halides is 1. The third-order valence-corrected chi connectivity index (χ3v) is 2.32. The van der Waals surface area contributed by atoms with Crippen molar-refractivity contribution in [2.75, 3.05) is 6.54 Å². The molecule has 3 heteroatoms. The molecule has 0 rings (SSSR count). The summed E-state index contributed by atoms with van der Waals surface area (Å²) >= 11 is 3.56. The van der Waals surface area contributed by atoms with E-state index >= 15 is 0 Å². The van der Waals surface area contributed by atoms with Crippen LogP contribution in [0.15, 0.2) is 0 Å². The highest BCUT2D eigenvalue weighted by Crippen LogP contribution is 2.24. The molecular weight excluding hydrogens is 230 g/mol. The lowest BCUT2D eigenvalue weighted by molar-refractivity contribution is -0.120. The van der Waals surface area contributed by atoms with Gasteiger partial charge in [-0.05, 0) is 11.8 Å². The summed E-state index contributed by atoms with van der Waals surface area (Å²) in [5.41, 5.74) is 0.311. The molecule has 0 aliphatic rings. The minimum absolute atomic E-state index is 0.123. The fourth-order valence-corrected chi connectivity index (χ4v) is 2.22. The molecule has 78 valence electrons. The predicted octanol–water partition coefficient (Wildman–Crippen LogP) is 2.71. The van der Waals surface area contributed by atoms with Crippen LogP contribution in [-0.2, 0) is 4.79 Å². The van der Waals surface area contributed by atoms with Gasteiger partial charge in [-0.15, -0.1) is 0 Å². The van der Waals surface area contributed by atoms with Gasteiger partial charge >= 0.3 is 0 Å². The fourth-order valence-electron chi connectivity index (χ4n) is 1.09. The van der Waals surface area contributed by atoms with E-state index in [0.29, 0.717) is 16.7 Å². The first-order valence-electron chi connectivity index (χ1n) is 4.76. The molecule has 0 aromatic heterocycles. The second-order valence-electron chi connectivity index (χ2n) is 4.52. The Hall–Kier alpha value is -0.0500. The standard InChI is InChI=1S/C10H20BrNO/c1-5-9(13)12-7-8(11)6-10(2,3)4/h8H,5-7H2,1-4H3,(H,12,13). The van der Waals surface area contributed by atoms with Crippen molar-refractivity contribution in [2.24, 2.45) is 5.41 Å². The Morgan fingerprint density at radius 1 is 1.46 bits per heavy atom. The fraction of sp³-hybridized carbons (Fsp3) is 0.900. The zero-order valence-electron chi connectivity index (χ0n) is 8.98. The lowest BCUT2D eigenvalue weighted by atomic mass is 9.90. The van der Waals surface area contributed by atoms with Crippen molar-refractivity contribution in [3.8, 4) is 0 Å². The Balaban J connectivity index is 3.63. The van der Waals surface area contributed by atoms with Crippen molar-refractivity contribution in [3.05, 3.63) is 0 Å². The van der Waals surface area contributed by atoms with Crippen molar-refractivity contribution in [1.29, 1.82) is 0 Å². The van der Waals surface area contributed by atoms with Gasteiger partial charge in [0.15, 0.2) is 0 Å². The minimum Gasteiger partial charge on any atom is -0.355 e. The highest BCUT2D eigenvalue weighted by atomic mass is 79.9. The zero-order chi connectivity index (χ0) is 10.5. The van der Waals surface area contributed by atoms with E-state index in [1.54, 1.807) is 0 Å². The number of rotatable bonds is 4. The van der Waals surface area contributed by atoms with E-state index in [1.165, 1.54) is 0 Å². The molecular formula is C10H20BrNO. The topological polar surface area (TPSA) is 29.1 Å². The maximum Gasteiger partial charge on any atom is 0.219 e. The molecule has 0 fully saturated rings. The van der Waals surface area contributed by atoms with Crippen LogP contribution in [0.25, 0.3) is 0 Å². The molecule has 0 aliphatic carbocycles. The third kappa shape index (κ3) is 8.28. The highest BCUT2D eigenvalue weighted by molar-refractivity contribution is 9.09. The summed E-state index contributed by atoms with van der Waals surface area (Å²) in [6.07, 6.45) is 1.63. The Morgan fingerprint density at radius 2 is 2.00 bits per heavy atom. The smallest absolute Gasteiger partial charge is 0.219 e. The van der Waals surface area contributed by atoms with Gasteiger partial charge in [-0.3, -0.25) is 4.79 Å². The molecule has 0 heterocycles. The molecule has 0 bridgehead atoms. The van der Waals surface area contributed by atoms with Crippen LogP contribution in [0.4, 0.5) is 0 Å². The summed E-state index contributed by atoms with van der Waals surface area (Å²) in [5.74, 6) is 0.123. The summed E-state index contributed by atoms with van der Waals surface area (Å²) in [6, 6.07) is 0. The first-order valence-corrected chi connectivity index (χ1v) is 5.67. The average Bonchev–Trinajstić information content (AvgIpc) is 1.97. The van der Waals surface area contributed by atoms with Gasteiger partial charge in [-0.2, -0.15) is 0 Å². The second-order valence-corrected chi connectivity index (χ2v) is 5.81. The van der Waals surface area contributed by atoms with E-state index in [0.717, 1.165) is 13.0 Å². The van der Waals surface area contributed by atoms with Gasteiger partial charge < -0.3 is 5.32 Å². The first kappa shape index (κ1) is 12.9. The summed E-state index contributed by atoms with van der Waals surface area (Å²) in [6.45, 7) is 9.18. The van der Waals surface area contributed by atoms with E-state index in [2.05, 4.69) is 42.0 Å². The van der Waals surface area contributed by atoms with Crippen molar-refractivity contribution < 1.29 is 4.79 Å². The van der Waals surface area contributed by atoms with Crippen LogP contribution in [0, 0.1) is 5.41 Å². The number of hydrogen-bond donors (Lipinski definition) is 1. The van der Waals surface area contributed by atoms with E-state index in [-0.39, 0.29) is 5.91 Å². The molecule has 1 unspecified atom stereocenters. The number of hydrogen-bond acceptors (Lipinski definition) is 1. The van der Waals surface area contributed by atoms with Gasteiger partial charge in [0.1, 0.15) is 0 Å². The quantitative estimate of drug-likeness (QED) is 0.763. The normalized spacial score (nSPS) is 13.9. The maximum atomic E-state index is 10.9. The zero-order valence-corrected chi connectivity index (χ0v) is 10.6. The van der Waals surface area contributed by atoms with Crippen LogP contribution in [0.5, 0.6) is 0 Å². The maximum absolute atomic E-state index is 10.9. The molecule has 0 spiro atoms. The molecule has 1 amide bonds. The largest absolute Gasteiger partial charge is 0.355 e. The molecule has 0 aromatic carbocycles. The molecule has 0 aliphatic heterocycles. The van der Waals surface area contributed by atoms with Gasteiger partial charge in [0.25, 0.3) is 0 Å². The molecule has 0 saturated carbocycles. The van der Waals surface area contributed by atoms with Crippen LogP contribution in [0.3, 0.4) is 0 Å². The second kappa shape index (κ2) is 5.63. The van der Waals surface area contributed by atoms with E-state index in [4.69, 9.17) is 0 Å². The molecule has 0 saturated heterocycles. The van der Waals surface area contributed by atoms with Crippen molar-refractivity contribution in [3.63, 3.8) is 0 Å². The molecule has 2 nitrogen and oxygen atoms in total. The predicted molar refractivity (Wildman–Crippen MR) is 60.1 cm³/mol. The number of amides is 1. The number of halogens is 1. The molecule has 0 radical (unpaired) electrons. The van der Waals surface area contributed by atoms with Crippen LogP contribution in [0.2, 0.25) is 0 Å². The molecule has 1 N–H and O–H groups in total. The van der Waals surface area contributed by atoms with E-state index < -0.39 is 0 Å². The average molecular weight is 250 g/mol. The van der Waals surface area contributed by atoms with Gasteiger partial charge in [-0.25, -0.2) is 0 Å². The van der Waals surface area contributed by atoms with Crippen LogP contribution < -0.4 is 5.32 Å². The summed E-state index contributed by atoms with van der Waals surface area (Å²) < 4.78 is 0. The number of carbonyl (C=O) groups is 1. The highest BCUT2D eigenvalue weighted by Gasteiger charge is 2.16. The van der Waals surface area contributed by atoms with E-state index in [9.17, 15) is 4.79 Å². The third-order valence-electron chi connectivity index (χ3n) is 1.68. The Kier molecular flexibility index (Phi) is 5.61. The monoisotopic (exact) mass is 249 g/mol. The lowest BCUT2D eigenvalue weighted by Gasteiger charge is -2.22. The Morgan fingerprint density at radius 3 is 2.38 bits per heavy atom. The minimum atomic E-state index is 0.123. The van der Waals surface area contributed by atoms with E-state index in [1.807, 2.05) is 6.92 Å². The first-order chi connectivity index (χ1) is 5.85. The SMILES string of the molecule is CCC(=O)NCC(Br)CC(C)(C)C. The van der Waals surface area contributed by atoms with Crippen molar-refractivity contribution >= 4 is 21.8 Å². The number of nitrogens with one attached hydrogen (secondary N) is 1. The lowest BCUT2D eigenvalue weighted by Crippen LogP contribution is -2.30. The summed E-state index contributed by atoms with van der Waals surface area (Å²) in [4.78, 5) is 11.3. The van der Waals surface area contributed by atoms with Crippen LogP contribution >= 0.6 is 15.9 Å². The summed E-state index contributed by atoms with van der Waals surface area (Å²) in [5, 5.41) is 2.87. The molecule has 1 atom stereocenters.